The van der Waals surface area contributed by atoms with Gasteiger partial charge >= 0.3 is 117 Å². The summed E-state index contributed by atoms with van der Waals surface area (Å²) in [6, 6.07) is 38.4. The first kappa shape index (κ1) is 30.5. The molecule has 0 unspecified atom stereocenters. The predicted octanol–water partition coefficient (Wildman–Crippen LogP) is 10.9. The molecule has 0 aliphatic carbocycles. The summed E-state index contributed by atoms with van der Waals surface area (Å²) in [5.74, 6) is 7.49. The minimum Gasteiger partial charge on any atom is 0 e. The molecule has 0 amide bonds. The van der Waals surface area contributed by atoms with Crippen molar-refractivity contribution in [2.24, 2.45) is 0 Å². The van der Waals surface area contributed by atoms with E-state index >= 15 is 0 Å². The number of hydrogen-bond acceptors (Lipinski definition) is 3. The zero-order valence-electron chi connectivity index (χ0n) is 30.6. The van der Waals surface area contributed by atoms with Crippen LogP contribution in [0, 0.1) is 25.9 Å². The van der Waals surface area contributed by atoms with Gasteiger partial charge in [-0.1, -0.05) is 78.9 Å². The number of nitrogens with zero attached hydrogens (tertiary/aromatic N) is 2. The third-order valence-corrected chi connectivity index (χ3v) is 12.7. The molecule has 0 atom stereocenters. The van der Waals surface area contributed by atoms with Crippen LogP contribution in [-0.4, -0.2) is 23.2 Å². The summed E-state index contributed by atoms with van der Waals surface area (Å²) in [4.78, 5) is 9.14. The number of rotatable bonds is 5. The van der Waals surface area contributed by atoms with Crippen molar-refractivity contribution in [2.45, 2.75) is 50.8 Å². The number of pyridine rings is 2. The van der Waals surface area contributed by atoms with Crippen molar-refractivity contribution in [3.8, 4) is 33.6 Å². The van der Waals surface area contributed by atoms with E-state index in [4.69, 9.17) is 8.53 Å². The van der Waals surface area contributed by atoms with Crippen LogP contribution in [0.5, 0.6) is 0 Å². The molecular weight excluding hydrogens is 813 g/mol. The fraction of sp³-hybridized carbons (Fsp3) is 0.190. The van der Waals surface area contributed by atoms with Crippen LogP contribution in [0.25, 0.3) is 55.6 Å². The molecule has 239 valence electrons. The first-order valence-electron chi connectivity index (χ1n) is 17.2. The third-order valence-electron chi connectivity index (χ3n) is 8.26. The van der Waals surface area contributed by atoms with Crippen molar-refractivity contribution in [3.05, 3.63) is 138 Å². The topological polar surface area (TPSA) is 38.9 Å². The van der Waals surface area contributed by atoms with Gasteiger partial charge in [0.25, 0.3) is 0 Å². The van der Waals surface area contributed by atoms with E-state index in [1.54, 1.807) is 12.1 Å². The molecule has 0 saturated carbocycles. The molecular formula is C42H40GeIrN2O-2. The maximum atomic E-state index is 7.38. The van der Waals surface area contributed by atoms with Gasteiger partial charge in [0.05, 0.1) is 5.58 Å². The Bertz CT molecular complexity index is 2240. The van der Waals surface area contributed by atoms with Gasteiger partial charge in [-0.2, -0.15) is 0 Å². The van der Waals surface area contributed by atoms with Gasteiger partial charge in [-0.25, -0.2) is 0 Å². The second kappa shape index (κ2) is 14.5. The third kappa shape index (κ3) is 7.51. The molecule has 4 aromatic carbocycles. The van der Waals surface area contributed by atoms with Crippen LogP contribution in [0.2, 0.25) is 17.3 Å². The molecule has 0 saturated heterocycles. The second-order valence-corrected chi connectivity index (χ2v) is 23.6. The Hall–Kier alpha value is -3.83. The monoisotopic (exact) mass is 858 g/mol. The normalized spacial score (nSPS) is 12.5. The molecule has 0 fully saturated rings. The zero-order valence-corrected chi connectivity index (χ0v) is 32.1. The number of aromatic nitrogens is 2. The molecule has 3 aromatic heterocycles. The van der Waals surface area contributed by atoms with Crippen molar-refractivity contribution in [2.75, 3.05) is 0 Å². The van der Waals surface area contributed by atoms with Crippen molar-refractivity contribution >= 4 is 39.6 Å². The van der Waals surface area contributed by atoms with E-state index in [1.165, 1.54) is 32.7 Å². The predicted molar refractivity (Wildman–Crippen MR) is 196 cm³/mol. The summed E-state index contributed by atoms with van der Waals surface area (Å²) < 4.78 is 29.9. The summed E-state index contributed by atoms with van der Waals surface area (Å²) in [5, 5.41) is 2.24. The van der Waals surface area contributed by atoms with E-state index in [9.17, 15) is 0 Å². The minimum atomic E-state index is -2.08. The Labute approximate surface area is 299 Å². The van der Waals surface area contributed by atoms with Gasteiger partial charge in [0.2, 0.25) is 0 Å². The summed E-state index contributed by atoms with van der Waals surface area (Å²) in [6.45, 7) is 4.42. The first-order valence-corrected chi connectivity index (χ1v) is 23.0. The molecule has 0 bridgehead atoms. The molecule has 3 heterocycles. The number of benzene rings is 4. The summed E-state index contributed by atoms with van der Waals surface area (Å²) >= 11 is -1.89. The average Bonchev–Trinajstić information content (AvgIpc) is 3.47. The van der Waals surface area contributed by atoms with Gasteiger partial charge in [0, 0.05) is 31.7 Å². The Balaban J connectivity index is 0.000000199. The Kier molecular flexibility index (Phi) is 9.42. The molecule has 7 rings (SSSR count). The molecule has 5 heteroatoms. The van der Waals surface area contributed by atoms with Crippen molar-refractivity contribution < 1.29 is 28.6 Å². The van der Waals surface area contributed by atoms with E-state index in [-0.39, 0.29) is 20.1 Å². The summed E-state index contributed by atoms with van der Waals surface area (Å²) in [5.41, 5.74) is 10.4. The number of aryl methyl sites for hydroxylation is 2. The van der Waals surface area contributed by atoms with E-state index in [2.05, 4.69) is 115 Å². The van der Waals surface area contributed by atoms with E-state index < -0.39 is 20.1 Å². The molecule has 3 nitrogen and oxygen atoms in total. The summed E-state index contributed by atoms with van der Waals surface area (Å²) in [6.07, 6.45) is 3.85. The van der Waals surface area contributed by atoms with E-state index in [0.29, 0.717) is 11.5 Å². The maximum Gasteiger partial charge on any atom is 0 e. The maximum absolute atomic E-state index is 7.38. The molecule has 0 spiro atoms. The van der Waals surface area contributed by atoms with Gasteiger partial charge in [-0.05, 0) is 34.9 Å². The van der Waals surface area contributed by atoms with Crippen LogP contribution in [-0.2, 0) is 20.1 Å². The fourth-order valence-corrected chi connectivity index (χ4v) is 9.44. The fourth-order valence-electron chi connectivity index (χ4n) is 5.85. The average molecular weight is 857 g/mol. The van der Waals surface area contributed by atoms with Gasteiger partial charge in [0.15, 0.2) is 0 Å². The minimum absolute atomic E-state index is 0. The molecule has 1 radical (unpaired) electrons. The van der Waals surface area contributed by atoms with E-state index in [0.717, 1.165) is 44.5 Å². The van der Waals surface area contributed by atoms with Crippen LogP contribution < -0.4 is 4.40 Å². The van der Waals surface area contributed by atoms with Crippen LogP contribution in [0.1, 0.15) is 40.6 Å². The van der Waals surface area contributed by atoms with Gasteiger partial charge in [0.1, 0.15) is 5.58 Å². The van der Waals surface area contributed by atoms with Gasteiger partial charge in [-0.15, -0.1) is 18.2 Å². The summed E-state index contributed by atoms with van der Waals surface area (Å²) in [7, 11) is 0. The molecule has 0 N–H and O–H groups in total. The molecule has 7 aromatic rings. The van der Waals surface area contributed by atoms with Crippen LogP contribution in [0.15, 0.2) is 114 Å². The quantitative estimate of drug-likeness (QED) is 0.128. The molecule has 0 aliphatic rings. The van der Waals surface area contributed by atoms with Gasteiger partial charge in [-0.3, -0.25) is 0 Å². The SMILES string of the molecule is CC(C)c1ccnc(-c2[c-]ccc3c2oc2cccc(-c4ccccc4)c23)c1.[2H]C([2H])([2H])c1c[c-]c(-c2cc(C)[c]([Ge]([CH3])([CH3])[CH3])cn2)cc1.[Ir]. The van der Waals surface area contributed by atoms with Crippen molar-refractivity contribution in [1.29, 1.82) is 0 Å². The van der Waals surface area contributed by atoms with E-state index in [1.807, 2.05) is 36.7 Å². The smallest absolute Gasteiger partial charge is 0 e. The number of hydrogen-bond donors (Lipinski definition) is 0. The molecule has 0 aliphatic heterocycles. The van der Waals surface area contributed by atoms with Crippen LogP contribution in [0.3, 0.4) is 0 Å². The Morgan fingerprint density at radius 2 is 1.66 bits per heavy atom. The van der Waals surface area contributed by atoms with Crippen molar-refractivity contribution in [3.63, 3.8) is 0 Å². The first-order chi connectivity index (χ1) is 23.3. The standard InChI is InChI=1S/C26H20NO.C16H20GeN.Ir/c1-17(2)19-14-15-27-23(16-19)21-11-6-12-22-25-20(18-8-4-3-5-9-18)10-7-13-24(25)28-26(21)22;1-12-6-8-14(9-7-12)16-10-13(2)15(11-18-16)17(3,4)5;/h3-10,12-17H,1-2H3;6-8,10-11H,1-5H3;/q2*-1;/i;1D3;. The van der Waals surface area contributed by atoms with Crippen molar-refractivity contribution in [1.82, 2.24) is 9.97 Å². The van der Waals surface area contributed by atoms with Crippen LogP contribution >= 0.6 is 0 Å². The van der Waals surface area contributed by atoms with Gasteiger partial charge < -0.3 is 9.40 Å². The largest absolute Gasteiger partial charge is 0 e. The van der Waals surface area contributed by atoms with Crippen LogP contribution in [0.4, 0.5) is 0 Å². The second-order valence-electron chi connectivity index (χ2n) is 13.0. The molecule has 47 heavy (non-hydrogen) atoms. The number of fused-ring (bicyclic) bond motifs is 3. The Morgan fingerprint density at radius 3 is 2.34 bits per heavy atom. The Morgan fingerprint density at radius 1 is 0.851 bits per heavy atom. The number of furan rings is 1. The zero-order chi connectivity index (χ0) is 34.9.